The molecule has 1 amide bonds. The van der Waals surface area contributed by atoms with E-state index in [9.17, 15) is 14.3 Å². The van der Waals surface area contributed by atoms with Crippen LogP contribution < -0.4 is 5.32 Å². The molecule has 2 aromatic carbocycles. The SMILES string of the molecule is C[C@H](NC(=O)C1Cc2cc(F)ccc2SN1C)C(O)c1ccccc1. The molecule has 2 aromatic rings. The summed E-state index contributed by atoms with van der Waals surface area (Å²) in [5.41, 5.74) is 1.59. The standard InChI is InChI=1S/C19H21FN2O2S/c1-12(18(23)13-6-4-3-5-7-13)21-19(24)16-11-14-10-15(20)8-9-17(14)25-22(16)2/h3-10,12,16,18,23H,11H2,1-2H3,(H,21,24)/t12-,16?,18?/m0/s1. The van der Waals surface area contributed by atoms with Crippen molar-refractivity contribution in [2.24, 2.45) is 0 Å². The number of benzene rings is 2. The summed E-state index contributed by atoms with van der Waals surface area (Å²) in [5, 5.41) is 13.3. The zero-order chi connectivity index (χ0) is 18.0. The first-order chi connectivity index (χ1) is 12.0. The molecular weight excluding hydrogens is 339 g/mol. The summed E-state index contributed by atoms with van der Waals surface area (Å²) >= 11 is 1.43. The maximum absolute atomic E-state index is 13.5. The van der Waals surface area contributed by atoms with Crippen LogP contribution in [-0.2, 0) is 11.2 Å². The Kier molecular flexibility index (Phi) is 5.42. The van der Waals surface area contributed by atoms with Crippen LogP contribution in [0.3, 0.4) is 0 Å². The van der Waals surface area contributed by atoms with E-state index in [0.29, 0.717) is 6.42 Å². The van der Waals surface area contributed by atoms with Crippen molar-refractivity contribution >= 4 is 17.9 Å². The zero-order valence-electron chi connectivity index (χ0n) is 14.1. The van der Waals surface area contributed by atoms with Gasteiger partial charge in [-0.25, -0.2) is 8.70 Å². The van der Waals surface area contributed by atoms with E-state index in [-0.39, 0.29) is 11.7 Å². The van der Waals surface area contributed by atoms with Crippen LogP contribution in [0, 0.1) is 5.82 Å². The van der Waals surface area contributed by atoms with Crippen molar-refractivity contribution in [2.45, 2.75) is 36.4 Å². The summed E-state index contributed by atoms with van der Waals surface area (Å²) in [5.74, 6) is -0.469. The molecular formula is C19H21FN2O2S. The second-order valence-electron chi connectivity index (χ2n) is 6.26. The predicted molar refractivity (Wildman–Crippen MR) is 96.5 cm³/mol. The van der Waals surface area contributed by atoms with Crippen molar-refractivity contribution in [1.29, 1.82) is 0 Å². The van der Waals surface area contributed by atoms with Gasteiger partial charge in [0, 0.05) is 4.90 Å². The van der Waals surface area contributed by atoms with Gasteiger partial charge in [0.1, 0.15) is 11.9 Å². The second kappa shape index (κ2) is 7.56. The van der Waals surface area contributed by atoms with E-state index in [1.54, 1.807) is 13.0 Å². The largest absolute Gasteiger partial charge is 0.386 e. The summed E-state index contributed by atoms with van der Waals surface area (Å²) in [6.07, 6.45) is -0.340. The van der Waals surface area contributed by atoms with E-state index in [2.05, 4.69) is 5.32 Å². The van der Waals surface area contributed by atoms with E-state index in [4.69, 9.17) is 0 Å². The third kappa shape index (κ3) is 4.03. The van der Waals surface area contributed by atoms with Crippen LogP contribution in [0.4, 0.5) is 4.39 Å². The average molecular weight is 360 g/mol. The Labute approximate surface area is 151 Å². The smallest absolute Gasteiger partial charge is 0.238 e. The van der Waals surface area contributed by atoms with Crippen molar-refractivity contribution in [3.8, 4) is 0 Å². The number of aliphatic hydroxyl groups is 1. The van der Waals surface area contributed by atoms with E-state index < -0.39 is 18.2 Å². The topological polar surface area (TPSA) is 52.6 Å². The highest BCUT2D eigenvalue weighted by Crippen LogP contribution is 2.34. The number of halogens is 1. The van der Waals surface area contributed by atoms with Gasteiger partial charge in [-0.3, -0.25) is 4.79 Å². The number of rotatable bonds is 4. The molecule has 0 bridgehead atoms. The van der Waals surface area contributed by atoms with Gasteiger partial charge in [0.15, 0.2) is 0 Å². The minimum atomic E-state index is -0.781. The van der Waals surface area contributed by atoms with Gasteiger partial charge in [-0.1, -0.05) is 30.3 Å². The lowest BCUT2D eigenvalue weighted by Crippen LogP contribution is -2.49. The molecule has 3 atom stereocenters. The van der Waals surface area contributed by atoms with E-state index in [0.717, 1.165) is 16.0 Å². The van der Waals surface area contributed by atoms with Gasteiger partial charge in [0.05, 0.1) is 12.1 Å². The highest BCUT2D eigenvalue weighted by molar-refractivity contribution is 7.97. The van der Waals surface area contributed by atoms with Gasteiger partial charge in [-0.15, -0.1) is 0 Å². The molecule has 0 radical (unpaired) electrons. The molecule has 1 aliphatic heterocycles. The van der Waals surface area contributed by atoms with Gasteiger partial charge < -0.3 is 10.4 Å². The number of nitrogens with one attached hydrogen (secondary N) is 1. The molecule has 0 spiro atoms. The Morgan fingerprint density at radius 1 is 1.32 bits per heavy atom. The predicted octanol–water partition coefficient (Wildman–Crippen LogP) is 2.93. The van der Waals surface area contributed by atoms with Crippen molar-refractivity contribution in [2.75, 3.05) is 7.05 Å². The van der Waals surface area contributed by atoms with Crippen LogP contribution in [0.25, 0.3) is 0 Å². The van der Waals surface area contributed by atoms with Gasteiger partial charge in [0.2, 0.25) is 5.91 Å². The first-order valence-electron chi connectivity index (χ1n) is 8.18. The molecule has 4 nitrogen and oxygen atoms in total. The Morgan fingerprint density at radius 3 is 2.76 bits per heavy atom. The van der Waals surface area contributed by atoms with E-state index in [1.165, 1.54) is 24.1 Å². The number of fused-ring (bicyclic) bond motifs is 1. The quantitative estimate of drug-likeness (QED) is 0.823. The van der Waals surface area contributed by atoms with Crippen LogP contribution >= 0.6 is 11.9 Å². The minimum absolute atomic E-state index is 0.174. The molecule has 0 fully saturated rings. The molecule has 2 unspecified atom stereocenters. The van der Waals surface area contributed by atoms with Crippen molar-refractivity contribution in [1.82, 2.24) is 9.62 Å². The number of amides is 1. The van der Waals surface area contributed by atoms with E-state index in [1.807, 2.05) is 41.7 Å². The maximum atomic E-state index is 13.5. The molecule has 0 aromatic heterocycles. The lowest BCUT2D eigenvalue weighted by molar-refractivity contribution is -0.126. The molecule has 0 aliphatic carbocycles. The summed E-state index contributed by atoms with van der Waals surface area (Å²) in [6, 6.07) is 13.0. The van der Waals surface area contributed by atoms with Gasteiger partial charge in [0.25, 0.3) is 0 Å². The van der Waals surface area contributed by atoms with Crippen LogP contribution in [0.15, 0.2) is 53.4 Å². The van der Waals surface area contributed by atoms with Gasteiger partial charge >= 0.3 is 0 Å². The summed E-state index contributed by atoms with van der Waals surface area (Å²) in [4.78, 5) is 13.6. The molecule has 3 rings (SSSR count). The number of aliphatic hydroxyl groups excluding tert-OH is 1. The highest BCUT2D eigenvalue weighted by atomic mass is 32.2. The fourth-order valence-corrected chi connectivity index (χ4v) is 3.94. The Bertz CT molecular complexity index is 756. The number of likely N-dealkylation sites (N-methyl/N-ethyl adjacent to an activating group) is 1. The lowest BCUT2D eigenvalue weighted by atomic mass is 10.0. The Balaban J connectivity index is 1.68. The molecule has 0 saturated heterocycles. The fraction of sp³-hybridized carbons (Fsp3) is 0.316. The molecule has 2 N–H and O–H groups in total. The maximum Gasteiger partial charge on any atom is 0.238 e. The van der Waals surface area contributed by atoms with Crippen molar-refractivity contribution in [3.05, 3.63) is 65.5 Å². The zero-order valence-corrected chi connectivity index (χ0v) is 15.0. The average Bonchev–Trinajstić information content (AvgIpc) is 2.61. The van der Waals surface area contributed by atoms with Crippen molar-refractivity contribution < 1.29 is 14.3 Å². The third-order valence-corrected chi connectivity index (χ3v) is 5.54. The first kappa shape index (κ1) is 17.9. The molecule has 6 heteroatoms. The summed E-state index contributed by atoms with van der Waals surface area (Å²) in [6.45, 7) is 1.78. The van der Waals surface area contributed by atoms with Crippen LogP contribution in [0.2, 0.25) is 0 Å². The number of nitrogens with zero attached hydrogens (tertiary/aromatic N) is 1. The number of hydrogen-bond acceptors (Lipinski definition) is 4. The molecule has 1 aliphatic rings. The fourth-order valence-electron chi connectivity index (χ4n) is 2.95. The first-order valence-corrected chi connectivity index (χ1v) is 8.95. The normalized spacial score (nSPS) is 19.8. The van der Waals surface area contributed by atoms with Crippen molar-refractivity contribution in [3.63, 3.8) is 0 Å². The third-order valence-electron chi connectivity index (χ3n) is 4.40. The van der Waals surface area contributed by atoms with E-state index >= 15 is 0 Å². The number of carbonyl (C=O) groups excluding carboxylic acids is 1. The minimum Gasteiger partial charge on any atom is -0.386 e. The number of carbonyl (C=O) groups is 1. The van der Waals surface area contributed by atoms with Crippen LogP contribution in [0.1, 0.15) is 24.2 Å². The monoisotopic (exact) mass is 360 g/mol. The second-order valence-corrected chi connectivity index (χ2v) is 7.46. The Hall–Kier alpha value is -1.89. The molecule has 132 valence electrons. The van der Waals surface area contributed by atoms with Gasteiger partial charge in [-0.2, -0.15) is 0 Å². The molecule has 0 saturated carbocycles. The van der Waals surface area contributed by atoms with Crippen LogP contribution in [-0.4, -0.2) is 34.5 Å². The Morgan fingerprint density at radius 2 is 2.04 bits per heavy atom. The summed E-state index contributed by atoms with van der Waals surface area (Å²) < 4.78 is 15.3. The summed E-state index contributed by atoms with van der Waals surface area (Å²) in [7, 11) is 1.85. The molecule has 25 heavy (non-hydrogen) atoms. The number of hydrogen-bond donors (Lipinski definition) is 2. The molecule has 1 heterocycles. The highest BCUT2D eigenvalue weighted by Gasteiger charge is 2.32. The van der Waals surface area contributed by atoms with Crippen LogP contribution in [0.5, 0.6) is 0 Å². The lowest BCUT2D eigenvalue weighted by Gasteiger charge is -2.33. The van der Waals surface area contributed by atoms with Gasteiger partial charge in [-0.05, 0) is 61.7 Å².